The van der Waals surface area contributed by atoms with Gasteiger partial charge in [-0.1, -0.05) is 15.9 Å². The smallest absolute Gasteiger partial charge is 0.241 e. The number of nitrogens with one attached hydrogen (secondary N) is 2. The van der Waals surface area contributed by atoms with Crippen molar-refractivity contribution in [3.8, 4) is 0 Å². The predicted molar refractivity (Wildman–Crippen MR) is 75.6 cm³/mol. The number of hydrogen-bond donors (Lipinski definition) is 2. The summed E-state index contributed by atoms with van der Waals surface area (Å²) >= 11 is 6.53. The molecule has 0 aliphatic carbocycles. The van der Waals surface area contributed by atoms with Gasteiger partial charge in [-0.15, -0.1) is 0 Å². The zero-order valence-electron chi connectivity index (χ0n) is 9.33. The zero-order chi connectivity index (χ0) is 12.9. The van der Waals surface area contributed by atoms with E-state index in [0.29, 0.717) is 11.0 Å². The number of benzene rings is 1. The third-order valence-electron chi connectivity index (χ3n) is 2.08. The first-order valence-electron chi connectivity index (χ1n) is 5.06. The number of halogens is 2. The summed E-state index contributed by atoms with van der Waals surface area (Å²) in [6, 6.07) is 4.98. The Morgan fingerprint density at radius 3 is 2.53 bits per heavy atom. The fourth-order valence-corrected chi connectivity index (χ4v) is 4.06. The molecule has 96 valence electrons. The molecule has 1 aromatic rings. The average Bonchev–Trinajstić information content (AvgIpc) is 2.24. The van der Waals surface area contributed by atoms with Gasteiger partial charge in [-0.25, -0.2) is 13.1 Å². The lowest BCUT2D eigenvalue weighted by atomic mass is 10.4. The topological polar surface area (TPSA) is 58.2 Å². The van der Waals surface area contributed by atoms with Gasteiger partial charge in [0, 0.05) is 15.5 Å². The van der Waals surface area contributed by atoms with Gasteiger partial charge >= 0.3 is 0 Å². The fraction of sp³-hybridized carbons (Fsp3) is 0.400. The maximum absolute atomic E-state index is 12.0. The average molecular weight is 386 g/mol. The van der Waals surface area contributed by atoms with Crippen molar-refractivity contribution in [1.82, 2.24) is 10.0 Å². The highest BCUT2D eigenvalue weighted by Gasteiger charge is 2.16. The van der Waals surface area contributed by atoms with Crippen LogP contribution in [0.4, 0.5) is 0 Å². The van der Waals surface area contributed by atoms with Gasteiger partial charge in [0.2, 0.25) is 10.0 Å². The summed E-state index contributed by atoms with van der Waals surface area (Å²) < 4.78 is 27.8. The Morgan fingerprint density at radius 1 is 1.24 bits per heavy atom. The van der Waals surface area contributed by atoms with E-state index in [9.17, 15) is 8.42 Å². The molecule has 1 rings (SSSR count). The van der Waals surface area contributed by atoms with Gasteiger partial charge in [0.25, 0.3) is 0 Å². The second-order valence-electron chi connectivity index (χ2n) is 3.43. The molecule has 0 aliphatic rings. The van der Waals surface area contributed by atoms with E-state index >= 15 is 0 Å². The van der Waals surface area contributed by atoms with Crippen LogP contribution in [-0.2, 0) is 10.0 Å². The Balaban J connectivity index is 2.76. The fourth-order valence-electron chi connectivity index (χ4n) is 1.24. The van der Waals surface area contributed by atoms with E-state index in [1.165, 1.54) is 0 Å². The first-order valence-corrected chi connectivity index (χ1v) is 8.13. The highest BCUT2D eigenvalue weighted by molar-refractivity contribution is 9.11. The Bertz CT molecular complexity index is 477. The molecule has 7 heteroatoms. The first-order chi connectivity index (χ1) is 7.97. The van der Waals surface area contributed by atoms with E-state index in [1.807, 2.05) is 7.05 Å². The van der Waals surface area contributed by atoms with Gasteiger partial charge in [0.15, 0.2) is 0 Å². The highest BCUT2D eigenvalue weighted by atomic mass is 79.9. The molecular formula is C10H14Br2N2O2S. The standard InChI is InChI=1S/C10H14Br2N2O2S/c1-13-5-2-6-14-17(15,16)10-4-3-8(11)7-9(10)12/h3-4,7,13-14H,2,5-6H2,1H3. The SMILES string of the molecule is CNCCCNS(=O)(=O)c1ccc(Br)cc1Br. The van der Waals surface area contributed by atoms with Crippen LogP contribution in [0.25, 0.3) is 0 Å². The first kappa shape index (κ1) is 15.1. The monoisotopic (exact) mass is 384 g/mol. The van der Waals surface area contributed by atoms with E-state index in [4.69, 9.17) is 0 Å². The molecule has 2 N–H and O–H groups in total. The molecule has 0 saturated heterocycles. The summed E-state index contributed by atoms with van der Waals surface area (Å²) in [6.07, 6.45) is 0.754. The molecule has 0 heterocycles. The van der Waals surface area contributed by atoms with Crippen LogP contribution in [0.1, 0.15) is 6.42 Å². The molecule has 1 aromatic carbocycles. The third kappa shape index (κ3) is 4.67. The van der Waals surface area contributed by atoms with E-state index in [-0.39, 0.29) is 4.90 Å². The molecule has 0 aliphatic heterocycles. The molecule has 0 radical (unpaired) electrons. The van der Waals surface area contributed by atoms with Crippen LogP contribution in [0.2, 0.25) is 0 Å². The van der Waals surface area contributed by atoms with Gasteiger partial charge in [-0.05, 0) is 54.1 Å². The van der Waals surface area contributed by atoms with Gasteiger partial charge in [-0.2, -0.15) is 0 Å². The van der Waals surface area contributed by atoms with E-state index in [0.717, 1.165) is 17.4 Å². The Morgan fingerprint density at radius 2 is 1.94 bits per heavy atom. The van der Waals surface area contributed by atoms with Crippen molar-refractivity contribution in [3.63, 3.8) is 0 Å². The molecule has 17 heavy (non-hydrogen) atoms. The zero-order valence-corrected chi connectivity index (χ0v) is 13.3. The molecule has 0 unspecified atom stereocenters. The highest BCUT2D eigenvalue weighted by Crippen LogP contribution is 2.25. The van der Waals surface area contributed by atoms with E-state index in [2.05, 4.69) is 41.9 Å². The second kappa shape index (κ2) is 6.84. The largest absolute Gasteiger partial charge is 0.320 e. The van der Waals surface area contributed by atoms with Crippen molar-refractivity contribution in [1.29, 1.82) is 0 Å². The quantitative estimate of drug-likeness (QED) is 0.737. The van der Waals surface area contributed by atoms with Gasteiger partial charge in [0.1, 0.15) is 0 Å². The molecule has 0 amide bonds. The minimum atomic E-state index is -3.43. The molecule has 0 bridgehead atoms. The van der Waals surface area contributed by atoms with Crippen LogP contribution >= 0.6 is 31.9 Å². The third-order valence-corrected chi connectivity index (χ3v) is 5.01. The summed E-state index contributed by atoms with van der Waals surface area (Å²) in [5, 5.41) is 2.96. The molecule has 4 nitrogen and oxygen atoms in total. The lowest BCUT2D eigenvalue weighted by Gasteiger charge is -2.08. The Hall–Kier alpha value is 0.0500. The summed E-state index contributed by atoms with van der Waals surface area (Å²) in [4.78, 5) is 0.255. The van der Waals surface area contributed by atoms with Crippen LogP contribution in [0.3, 0.4) is 0 Å². The molecule has 0 aromatic heterocycles. The van der Waals surface area contributed by atoms with Crippen LogP contribution in [-0.4, -0.2) is 28.6 Å². The van der Waals surface area contributed by atoms with Gasteiger partial charge in [0.05, 0.1) is 4.90 Å². The maximum Gasteiger partial charge on any atom is 0.241 e. The lowest BCUT2D eigenvalue weighted by Crippen LogP contribution is -2.27. The number of sulfonamides is 1. The summed E-state index contributed by atoms with van der Waals surface area (Å²) in [7, 11) is -1.60. The Kier molecular flexibility index (Phi) is 6.08. The van der Waals surface area contributed by atoms with Crippen LogP contribution in [0, 0.1) is 0 Å². The molecule has 0 saturated carbocycles. The summed E-state index contributed by atoms with van der Waals surface area (Å²) in [5.41, 5.74) is 0. The van der Waals surface area contributed by atoms with Crippen LogP contribution in [0.15, 0.2) is 32.0 Å². The summed E-state index contributed by atoms with van der Waals surface area (Å²) in [5.74, 6) is 0. The normalized spacial score (nSPS) is 11.7. The van der Waals surface area contributed by atoms with E-state index in [1.54, 1.807) is 18.2 Å². The van der Waals surface area contributed by atoms with Crippen molar-refractivity contribution in [2.75, 3.05) is 20.1 Å². The second-order valence-corrected chi connectivity index (χ2v) is 6.94. The molecule has 0 fully saturated rings. The van der Waals surface area contributed by atoms with Crippen molar-refractivity contribution >= 4 is 41.9 Å². The van der Waals surface area contributed by atoms with Crippen molar-refractivity contribution in [2.45, 2.75) is 11.3 Å². The number of rotatable bonds is 6. The maximum atomic E-state index is 12.0. The van der Waals surface area contributed by atoms with Crippen LogP contribution < -0.4 is 10.0 Å². The Labute approximate surface area is 118 Å². The lowest BCUT2D eigenvalue weighted by molar-refractivity contribution is 0.576. The van der Waals surface area contributed by atoms with E-state index < -0.39 is 10.0 Å². The van der Waals surface area contributed by atoms with Gasteiger partial charge < -0.3 is 5.32 Å². The number of hydrogen-bond acceptors (Lipinski definition) is 3. The van der Waals surface area contributed by atoms with Crippen molar-refractivity contribution in [2.24, 2.45) is 0 Å². The van der Waals surface area contributed by atoms with Crippen LogP contribution in [0.5, 0.6) is 0 Å². The minimum Gasteiger partial charge on any atom is -0.320 e. The molecule has 0 spiro atoms. The van der Waals surface area contributed by atoms with Gasteiger partial charge in [-0.3, -0.25) is 0 Å². The minimum absolute atomic E-state index is 0.255. The van der Waals surface area contributed by atoms with Crippen molar-refractivity contribution in [3.05, 3.63) is 27.1 Å². The summed E-state index contributed by atoms with van der Waals surface area (Å²) in [6.45, 7) is 1.20. The molecule has 0 atom stereocenters. The molecular weight excluding hydrogens is 372 g/mol. The predicted octanol–water partition coefficient (Wildman–Crippen LogP) is 2.10. The van der Waals surface area contributed by atoms with Crippen molar-refractivity contribution < 1.29 is 8.42 Å².